The molecule has 0 bridgehead atoms. The fraction of sp³-hybridized carbons (Fsp3) is 0.350. The third-order valence-electron chi connectivity index (χ3n) is 4.61. The molecule has 0 spiro atoms. The topological polar surface area (TPSA) is 48.0 Å². The van der Waals surface area contributed by atoms with E-state index in [2.05, 4.69) is 9.95 Å². The number of rotatable bonds is 3. The Balaban J connectivity index is 2.32. The number of benzene rings is 1. The molecule has 1 aliphatic rings. The van der Waals surface area contributed by atoms with Crippen LogP contribution in [0.15, 0.2) is 40.2 Å². The van der Waals surface area contributed by atoms with Gasteiger partial charge in [-0.25, -0.2) is 9.52 Å². The average molecular weight is 389 g/mol. The number of pyridine rings is 1. The van der Waals surface area contributed by atoms with E-state index in [1.165, 1.54) is 13.2 Å². The van der Waals surface area contributed by atoms with E-state index >= 15 is 0 Å². The maximum Gasteiger partial charge on any atom is 0.407 e. The zero-order chi connectivity index (χ0) is 20.3. The minimum absolute atomic E-state index is 0.0262. The van der Waals surface area contributed by atoms with Crippen LogP contribution in [0.3, 0.4) is 0 Å². The van der Waals surface area contributed by atoms with Gasteiger partial charge in [-0.05, 0) is 43.9 Å². The highest BCUT2D eigenvalue weighted by molar-refractivity contribution is 5.85. The molecule has 1 aromatic heterocycles. The molecule has 5 nitrogen and oxygen atoms in total. The molecule has 0 saturated heterocycles. The lowest BCUT2D eigenvalue weighted by atomic mass is 9.99. The Morgan fingerprint density at radius 3 is 2.50 bits per heavy atom. The maximum atomic E-state index is 13.5. The van der Waals surface area contributed by atoms with Gasteiger partial charge in [0.05, 0.1) is 24.9 Å². The van der Waals surface area contributed by atoms with E-state index < -0.39 is 23.0 Å². The first-order valence-corrected chi connectivity index (χ1v) is 8.81. The molecule has 0 atom stereocenters. The summed E-state index contributed by atoms with van der Waals surface area (Å²) in [6.45, 7) is 7.10. The van der Waals surface area contributed by atoms with Gasteiger partial charge in [0.15, 0.2) is 0 Å². The van der Waals surface area contributed by atoms with Crippen LogP contribution in [-0.4, -0.2) is 17.5 Å². The Hall–Kier alpha value is -3.08. The van der Waals surface area contributed by atoms with E-state index in [4.69, 9.17) is 11.3 Å². The smallest absolute Gasteiger partial charge is 0.407 e. The molecule has 0 radical (unpaired) electrons. The molecule has 1 saturated carbocycles. The van der Waals surface area contributed by atoms with Gasteiger partial charge in [-0.3, -0.25) is 4.79 Å². The number of hydrogen-bond acceptors (Lipinski definition) is 3. The molecule has 1 aromatic carbocycles. The molecule has 146 valence electrons. The second-order valence-electron chi connectivity index (χ2n) is 6.48. The van der Waals surface area contributed by atoms with Crippen LogP contribution < -0.4 is 10.3 Å². The predicted octanol–water partition coefficient (Wildman–Crippen LogP) is 5.26. The highest BCUT2D eigenvalue weighted by Crippen LogP contribution is 2.37. The van der Waals surface area contributed by atoms with Crippen molar-refractivity contribution >= 4 is 11.4 Å². The fourth-order valence-corrected chi connectivity index (χ4v) is 3.20. The zero-order valence-corrected chi connectivity index (χ0v) is 15.2. The quantitative estimate of drug-likeness (QED) is 0.672. The second-order valence-corrected chi connectivity index (χ2v) is 6.48. The molecular weight excluding hydrogens is 371 g/mol. The minimum atomic E-state index is -4.83. The Morgan fingerprint density at radius 2 is 1.89 bits per heavy atom. The number of nitrogens with zero attached hydrogens (tertiary/aromatic N) is 3. The molecule has 1 heterocycles. The van der Waals surface area contributed by atoms with E-state index in [0.717, 1.165) is 35.7 Å². The molecule has 0 unspecified atom stereocenters. The molecule has 8 heteroatoms. The molecule has 1 aliphatic carbocycles. The number of alkyl halides is 3. The predicted molar refractivity (Wildman–Crippen MR) is 99.9 cm³/mol. The highest BCUT2D eigenvalue weighted by Gasteiger charge is 2.36. The van der Waals surface area contributed by atoms with Gasteiger partial charge in [0.2, 0.25) is 0 Å². The monoisotopic (exact) mass is 389 g/mol. The normalized spacial score (nSPS) is 14.5. The van der Waals surface area contributed by atoms with Crippen molar-refractivity contribution in [2.24, 2.45) is 5.10 Å². The summed E-state index contributed by atoms with van der Waals surface area (Å²) in [6.07, 6.45) is -0.589. The number of methoxy groups -OCH3 is 1. The maximum absolute atomic E-state index is 13.5. The van der Waals surface area contributed by atoms with Gasteiger partial charge >= 0.3 is 6.18 Å². The van der Waals surface area contributed by atoms with Crippen LogP contribution >= 0.6 is 0 Å². The largest absolute Gasteiger partial charge is 0.497 e. The second kappa shape index (κ2) is 7.89. The lowest BCUT2D eigenvalue weighted by Gasteiger charge is -2.18. The van der Waals surface area contributed by atoms with Crippen LogP contribution in [0.1, 0.15) is 37.7 Å². The third-order valence-corrected chi connectivity index (χ3v) is 4.61. The molecule has 0 N–H and O–H groups in total. The van der Waals surface area contributed by atoms with Gasteiger partial charge in [0, 0.05) is 11.3 Å². The van der Waals surface area contributed by atoms with Crippen molar-refractivity contribution < 1.29 is 17.9 Å². The summed E-state index contributed by atoms with van der Waals surface area (Å²) in [5.41, 5.74) is -2.24. The number of ether oxygens (including phenoxy) is 1. The van der Waals surface area contributed by atoms with Crippen LogP contribution in [0, 0.1) is 6.57 Å². The summed E-state index contributed by atoms with van der Waals surface area (Å²) in [5, 5.41) is 4.35. The third kappa shape index (κ3) is 3.93. The van der Waals surface area contributed by atoms with Crippen molar-refractivity contribution in [3.05, 3.63) is 57.7 Å². The lowest BCUT2D eigenvalue weighted by molar-refractivity contribution is -0.136. The van der Waals surface area contributed by atoms with E-state index in [9.17, 15) is 18.0 Å². The van der Waals surface area contributed by atoms with Crippen LogP contribution in [0.5, 0.6) is 5.75 Å². The van der Waals surface area contributed by atoms with E-state index in [1.54, 1.807) is 18.2 Å². The van der Waals surface area contributed by atoms with Crippen molar-refractivity contribution in [2.45, 2.75) is 38.3 Å². The standard InChI is InChI=1S/C20H18F3N3O2/c1-24-18-16(20(21,22)23)12-17(13-7-6-10-15(11-13)28-2)26(19(18)27)25-14-8-4-3-5-9-14/h6-7,10-12H,3-5,8-9H2,2H3. The minimum Gasteiger partial charge on any atom is -0.497 e. The molecule has 28 heavy (non-hydrogen) atoms. The van der Waals surface area contributed by atoms with Gasteiger partial charge in [-0.15, -0.1) is 0 Å². The zero-order valence-electron chi connectivity index (χ0n) is 15.2. The number of halogens is 3. The van der Waals surface area contributed by atoms with Crippen molar-refractivity contribution in [2.75, 3.05) is 7.11 Å². The van der Waals surface area contributed by atoms with Crippen LogP contribution in [0.2, 0.25) is 0 Å². The fourth-order valence-electron chi connectivity index (χ4n) is 3.20. The first kappa shape index (κ1) is 19.7. The van der Waals surface area contributed by atoms with Crippen LogP contribution in [0.25, 0.3) is 16.1 Å². The Bertz CT molecular complexity index is 1010. The van der Waals surface area contributed by atoms with Gasteiger partial charge in [0.1, 0.15) is 5.75 Å². The SMILES string of the molecule is [C-]#[N+]c1c(C(F)(F)F)cc(-c2cccc(OC)c2)n(N=C2CCCCC2)c1=O. The Labute approximate surface area is 159 Å². The van der Waals surface area contributed by atoms with Gasteiger partial charge in [-0.1, -0.05) is 18.6 Å². The summed E-state index contributed by atoms with van der Waals surface area (Å²) in [4.78, 5) is 15.7. The molecule has 3 rings (SSSR count). The van der Waals surface area contributed by atoms with E-state index in [1.807, 2.05) is 0 Å². The summed E-state index contributed by atoms with van der Waals surface area (Å²) in [7, 11) is 1.44. The first-order chi connectivity index (χ1) is 13.3. The molecule has 0 aliphatic heterocycles. The van der Waals surface area contributed by atoms with Gasteiger partial charge < -0.3 is 4.74 Å². The van der Waals surface area contributed by atoms with Crippen molar-refractivity contribution in [3.63, 3.8) is 0 Å². The van der Waals surface area contributed by atoms with Gasteiger partial charge in [0.25, 0.3) is 11.2 Å². The summed E-state index contributed by atoms with van der Waals surface area (Å²) in [6, 6.07) is 7.19. The summed E-state index contributed by atoms with van der Waals surface area (Å²) >= 11 is 0. The van der Waals surface area contributed by atoms with Crippen molar-refractivity contribution in [1.82, 2.24) is 4.68 Å². The average Bonchev–Trinajstić information content (AvgIpc) is 2.69. The molecular formula is C20H18F3N3O2. The van der Waals surface area contributed by atoms with Gasteiger partial charge in [-0.2, -0.15) is 18.3 Å². The first-order valence-electron chi connectivity index (χ1n) is 8.81. The van der Waals surface area contributed by atoms with E-state index in [0.29, 0.717) is 24.2 Å². The number of aromatic nitrogens is 1. The number of hydrogen-bond donors (Lipinski definition) is 0. The highest BCUT2D eigenvalue weighted by atomic mass is 19.4. The summed E-state index contributed by atoms with van der Waals surface area (Å²) < 4.78 is 46.6. The van der Waals surface area contributed by atoms with Crippen LogP contribution in [0.4, 0.5) is 18.9 Å². The Morgan fingerprint density at radius 1 is 1.18 bits per heavy atom. The molecule has 0 amide bonds. The van der Waals surface area contributed by atoms with E-state index in [-0.39, 0.29) is 5.69 Å². The van der Waals surface area contributed by atoms with Crippen molar-refractivity contribution in [3.8, 4) is 17.0 Å². The lowest BCUT2D eigenvalue weighted by Crippen LogP contribution is -2.23. The van der Waals surface area contributed by atoms with Crippen molar-refractivity contribution in [1.29, 1.82) is 0 Å². The molecule has 2 aromatic rings. The Kier molecular flexibility index (Phi) is 5.54. The summed E-state index contributed by atoms with van der Waals surface area (Å²) in [5.74, 6) is 0.435. The molecule has 1 fully saturated rings. The van der Waals surface area contributed by atoms with Crippen LogP contribution in [-0.2, 0) is 6.18 Å².